The molecule has 1 saturated heterocycles. The highest BCUT2D eigenvalue weighted by molar-refractivity contribution is 5.66. The van der Waals surface area contributed by atoms with Gasteiger partial charge in [-0.1, -0.05) is 29.8 Å². The van der Waals surface area contributed by atoms with E-state index in [1.54, 1.807) is 6.08 Å². The van der Waals surface area contributed by atoms with Crippen molar-refractivity contribution < 1.29 is 29.6 Å². The molecule has 0 amide bonds. The van der Waals surface area contributed by atoms with E-state index < -0.39 is 18.2 Å². The molecule has 0 bridgehead atoms. The van der Waals surface area contributed by atoms with E-state index >= 15 is 0 Å². The lowest BCUT2D eigenvalue weighted by molar-refractivity contribution is -0.137. The molecule has 1 saturated carbocycles. The van der Waals surface area contributed by atoms with Crippen molar-refractivity contribution in [2.45, 2.75) is 63.8 Å². The van der Waals surface area contributed by atoms with E-state index in [4.69, 9.17) is 14.6 Å². The first-order valence-electron chi connectivity index (χ1n) is 11.0. The molecule has 0 spiro atoms. The lowest BCUT2D eigenvalue weighted by atomic mass is 9.86. The van der Waals surface area contributed by atoms with E-state index in [2.05, 4.69) is 0 Å². The highest BCUT2D eigenvalue weighted by Crippen LogP contribution is 2.42. The minimum atomic E-state index is -0.750. The fourth-order valence-electron chi connectivity index (χ4n) is 4.61. The van der Waals surface area contributed by atoms with Crippen LogP contribution in [0.3, 0.4) is 0 Å². The van der Waals surface area contributed by atoms with Crippen molar-refractivity contribution in [3.8, 4) is 5.75 Å². The van der Waals surface area contributed by atoms with E-state index in [1.165, 1.54) is 0 Å². The molecule has 6 nitrogen and oxygen atoms in total. The second-order valence-corrected chi connectivity index (χ2v) is 8.72. The molecule has 0 aromatic heterocycles. The quantitative estimate of drug-likeness (QED) is 0.532. The third-order valence-corrected chi connectivity index (χ3v) is 6.34. The van der Waals surface area contributed by atoms with Crippen LogP contribution in [-0.4, -0.2) is 52.8 Å². The number of hydrogen-bond donors (Lipinski definition) is 3. The zero-order valence-electron chi connectivity index (χ0n) is 17.7. The second kappa shape index (κ2) is 10.9. The van der Waals surface area contributed by atoms with Crippen LogP contribution in [0.1, 0.15) is 44.1 Å². The van der Waals surface area contributed by atoms with Crippen molar-refractivity contribution in [2.24, 2.45) is 17.8 Å². The van der Waals surface area contributed by atoms with Gasteiger partial charge in [-0.2, -0.15) is 0 Å². The molecule has 1 heterocycles. The van der Waals surface area contributed by atoms with Gasteiger partial charge < -0.3 is 24.8 Å². The Morgan fingerprint density at radius 3 is 2.80 bits per heavy atom. The van der Waals surface area contributed by atoms with Gasteiger partial charge in [0.25, 0.3) is 0 Å². The normalized spacial score (nSPS) is 30.0. The monoisotopic (exact) mass is 418 g/mol. The maximum Gasteiger partial charge on any atom is 0.303 e. The van der Waals surface area contributed by atoms with Crippen LogP contribution in [0.2, 0.25) is 0 Å². The van der Waals surface area contributed by atoms with Gasteiger partial charge in [-0.15, -0.1) is 0 Å². The third-order valence-electron chi connectivity index (χ3n) is 6.34. The first-order chi connectivity index (χ1) is 14.4. The van der Waals surface area contributed by atoms with Crippen LogP contribution in [0.5, 0.6) is 5.75 Å². The Hall–Kier alpha value is -1.89. The number of aliphatic hydroxyl groups excluding tert-OH is 2. The fourth-order valence-corrected chi connectivity index (χ4v) is 4.61. The van der Waals surface area contributed by atoms with Crippen LogP contribution >= 0.6 is 0 Å². The summed E-state index contributed by atoms with van der Waals surface area (Å²) in [6.45, 7) is 2.81. The summed E-state index contributed by atoms with van der Waals surface area (Å²) in [4.78, 5) is 10.7. The minimum Gasteiger partial charge on any atom is -0.491 e. The number of fused-ring (bicyclic) bond motifs is 1. The SMILES string of the molecule is Cc1ccc(OC[C@H](O)C=C[C@@H]2[C@H]3CC[C@H](CCCC(=O)O)CO[C@H]3C[C@H]2O)cc1. The van der Waals surface area contributed by atoms with Crippen LogP contribution in [0.25, 0.3) is 0 Å². The van der Waals surface area contributed by atoms with E-state index in [0.29, 0.717) is 25.4 Å². The molecule has 1 aromatic carbocycles. The number of benzene rings is 1. The maximum atomic E-state index is 10.7. The molecule has 2 aliphatic rings. The van der Waals surface area contributed by atoms with Gasteiger partial charge in [-0.25, -0.2) is 0 Å². The average Bonchev–Trinajstić information content (AvgIpc) is 2.87. The van der Waals surface area contributed by atoms with Crippen LogP contribution in [0.4, 0.5) is 0 Å². The lowest BCUT2D eigenvalue weighted by Crippen LogP contribution is -2.22. The Bertz CT molecular complexity index is 700. The second-order valence-electron chi connectivity index (χ2n) is 8.72. The number of hydrogen-bond acceptors (Lipinski definition) is 5. The fraction of sp³-hybridized carbons (Fsp3) is 0.625. The van der Waals surface area contributed by atoms with E-state index in [-0.39, 0.29) is 31.0 Å². The Morgan fingerprint density at radius 2 is 2.07 bits per heavy atom. The van der Waals surface area contributed by atoms with Gasteiger partial charge in [-0.3, -0.25) is 4.79 Å². The first-order valence-corrected chi connectivity index (χ1v) is 11.0. The molecule has 6 atom stereocenters. The van der Waals surface area contributed by atoms with E-state index in [9.17, 15) is 15.0 Å². The van der Waals surface area contributed by atoms with Gasteiger partial charge in [0, 0.05) is 25.4 Å². The molecule has 1 aliphatic heterocycles. The van der Waals surface area contributed by atoms with E-state index in [1.807, 2.05) is 37.3 Å². The predicted molar refractivity (Wildman–Crippen MR) is 113 cm³/mol. The van der Waals surface area contributed by atoms with Gasteiger partial charge in [0.2, 0.25) is 0 Å². The number of carboxylic acids is 1. The summed E-state index contributed by atoms with van der Waals surface area (Å²) < 4.78 is 11.7. The number of aliphatic carboxylic acids is 1. The molecule has 1 aliphatic carbocycles. The number of carboxylic acid groups (broad SMARTS) is 1. The maximum absolute atomic E-state index is 10.7. The topological polar surface area (TPSA) is 96.2 Å². The Balaban J connectivity index is 1.48. The van der Waals surface area contributed by atoms with Crippen LogP contribution in [0, 0.1) is 24.7 Å². The number of carbonyl (C=O) groups is 1. The molecular weight excluding hydrogens is 384 g/mol. The molecule has 1 aromatic rings. The lowest BCUT2D eigenvalue weighted by Gasteiger charge is -2.21. The van der Waals surface area contributed by atoms with Gasteiger partial charge in [0.05, 0.1) is 12.2 Å². The molecule has 2 fully saturated rings. The summed E-state index contributed by atoms with van der Waals surface area (Å²) in [5, 5.41) is 29.6. The minimum absolute atomic E-state index is 0.0278. The molecule has 0 unspecified atom stereocenters. The van der Waals surface area contributed by atoms with Crippen LogP contribution < -0.4 is 4.74 Å². The standard InChI is InChI=1S/C24H34O6/c1-16-5-9-19(10-6-16)29-15-18(25)8-12-20-21-11-7-17(3-2-4-24(27)28)14-30-23(21)13-22(20)26/h5-6,8-10,12,17-18,20-23,25-26H,2-4,7,11,13-15H2,1H3,(H,27,28)/t17-,18+,20+,21+,22+,23-/m0/s1. The van der Waals surface area contributed by atoms with E-state index in [0.717, 1.165) is 30.6 Å². The van der Waals surface area contributed by atoms with Crippen molar-refractivity contribution in [3.05, 3.63) is 42.0 Å². The summed E-state index contributed by atoms with van der Waals surface area (Å²) in [5.41, 5.74) is 1.15. The third kappa shape index (κ3) is 6.56. The Kier molecular flexibility index (Phi) is 8.31. The Morgan fingerprint density at radius 1 is 1.30 bits per heavy atom. The highest BCUT2D eigenvalue weighted by Gasteiger charge is 2.43. The zero-order valence-corrected chi connectivity index (χ0v) is 17.7. The summed E-state index contributed by atoms with van der Waals surface area (Å²) in [6.07, 6.45) is 6.75. The number of rotatable bonds is 9. The van der Waals surface area contributed by atoms with Crippen molar-refractivity contribution in [1.29, 1.82) is 0 Å². The number of ether oxygens (including phenoxy) is 2. The van der Waals surface area contributed by atoms with Gasteiger partial charge >= 0.3 is 5.97 Å². The highest BCUT2D eigenvalue weighted by atomic mass is 16.5. The van der Waals surface area contributed by atoms with Crippen LogP contribution in [-0.2, 0) is 9.53 Å². The van der Waals surface area contributed by atoms with Gasteiger partial charge in [0.15, 0.2) is 0 Å². The zero-order chi connectivity index (χ0) is 21.5. The summed E-state index contributed by atoms with van der Waals surface area (Å²) in [6, 6.07) is 7.70. The first kappa shape index (κ1) is 22.8. The molecule has 30 heavy (non-hydrogen) atoms. The molecule has 0 radical (unpaired) electrons. The average molecular weight is 419 g/mol. The molecule has 166 valence electrons. The van der Waals surface area contributed by atoms with Gasteiger partial charge in [0.1, 0.15) is 18.5 Å². The summed E-state index contributed by atoms with van der Waals surface area (Å²) in [7, 11) is 0. The van der Waals surface area contributed by atoms with Crippen molar-refractivity contribution >= 4 is 5.97 Å². The molecule has 3 N–H and O–H groups in total. The van der Waals surface area contributed by atoms with Crippen molar-refractivity contribution in [1.82, 2.24) is 0 Å². The summed E-state index contributed by atoms with van der Waals surface area (Å²) >= 11 is 0. The van der Waals surface area contributed by atoms with Crippen molar-refractivity contribution in [3.63, 3.8) is 0 Å². The number of aliphatic hydroxyl groups is 2. The predicted octanol–water partition coefficient (Wildman–Crippen LogP) is 3.34. The summed E-state index contributed by atoms with van der Waals surface area (Å²) in [5.74, 6) is 0.540. The molecule has 6 heteroatoms. The van der Waals surface area contributed by atoms with Crippen LogP contribution in [0.15, 0.2) is 36.4 Å². The molecule has 3 rings (SSSR count). The van der Waals surface area contributed by atoms with Gasteiger partial charge in [-0.05, 0) is 56.6 Å². The smallest absolute Gasteiger partial charge is 0.303 e. The van der Waals surface area contributed by atoms with Crippen molar-refractivity contribution in [2.75, 3.05) is 13.2 Å². The Labute approximate surface area is 178 Å². The number of aryl methyl sites for hydroxylation is 1. The molecular formula is C24H34O6. The largest absolute Gasteiger partial charge is 0.491 e.